The third-order valence-corrected chi connectivity index (χ3v) is 4.32. The van der Waals surface area contributed by atoms with Gasteiger partial charge in [0.15, 0.2) is 5.82 Å². The molecule has 1 saturated heterocycles. The normalized spacial score (nSPS) is 20.7. The highest BCUT2D eigenvalue weighted by Gasteiger charge is 2.34. The van der Waals surface area contributed by atoms with Gasteiger partial charge in [0.25, 0.3) is 0 Å². The zero-order chi connectivity index (χ0) is 13.5. The number of nitrogens with zero attached hydrogens (tertiary/aromatic N) is 3. The number of carbonyl (C=O) groups excluding carboxylic acids is 1. The summed E-state index contributed by atoms with van der Waals surface area (Å²) in [6, 6.07) is -0.723. The van der Waals surface area contributed by atoms with Gasteiger partial charge in [-0.2, -0.15) is 9.82 Å². The number of nitrogens with one attached hydrogen (secondary N) is 1. The monoisotopic (exact) mass is 273 g/mol. The molecule has 1 fully saturated rings. The Bertz CT molecular complexity index is 579. The Morgan fingerprint density at radius 2 is 2.17 bits per heavy atom. The van der Waals surface area contributed by atoms with Crippen molar-refractivity contribution in [3.63, 3.8) is 0 Å². The topological polar surface area (TPSA) is 110 Å². The van der Waals surface area contributed by atoms with Crippen LogP contribution in [0.5, 0.6) is 0 Å². The van der Waals surface area contributed by atoms with E-state index in [0.717, 1.165) is 0 Å². The van der Waals surface area contributed by atoms with E-state index in [1.54, 1.807) is 14.1 Å². The van der Waals surface area contributed by atoms with Gasteiger partial charge in [0.2, 0.25) is 15.9 Å². The predicted molar refractivity (Wildman–Crippen MR) is 64.0 cm³/mol. The van der Waals surface area contributed by atoms with Crippen LogP contribution in [0.3, 0.4) is 0 Å². The van der Waals surface area contributed by atoms with Gasteiger partial charge in [-0.15, -0.1) is 0 Å². The Labute approximate surface area is 105 Å². The average Bonchev–Trinajstić information content (AvgIpc) is 2.75. The summed E-state index contributed by atoms with van der Waals surface area (Å²) in [5.74, 6) is -0.315. The lowest BCUT2D eigenvalue weighted by atomic mass is 10.3. The minimum absolute atomic E-state index is 0.0798. The summed E-state index contributed by atoms with van der Waals surface area (Å²) in [6.45, 7) is 0.536. The Morgan fingerprint density at radius 1 is 1.50 bits per heavy atom. The molecule has 9 heteroatoms. The molecule has 2 heterocycles. The van der Waals surface area contributed by atoms with Crippen molar-refractivity contribution < 1.29 is 13.2 Å². The van der Waals surface area contributed by atoms with E-state index in [0.29, 0.717) is 13.0 Å². The highest BCUT2D eigenvalue weighted by Crippen LogP contribution is 2.18. The first-order chi connectivity index (χ1) is 8.31. The molecular formula is C9H15N5O3S. The fraction of sp³-hybridized carbons (Fsp3) is 0.556. The maximum absolute atomic E-state index is 12.1. The highest BCUT2D eigenvalue weighted by molar-refractivity contribution is 7.89. The van der Waals surface area contributed by atoms with Gasteiger partial charge in [0.05, 0.1) is 0 Å². The number of carbonyl (C=O) groups is 1. The molecule has 0 spiro atoms. The molecule has 0 aromatic carbocycles. The van der Waals surface area contributed by atoms with Gasteiger partial charge in [-0.1, -0.05) is 0 Å². The van der Waals surface area contributed by atoms with Gasteiger partial charge in [-0.25, -0.2) is 8.42 Å². The molecule has 100 valence electrons. The third kappa shape index (κ3) is 2.18. The molecule has 1 amide bonds. The number of hydrogen-bond acceptors (Lipinski definition) is 5. The molecule has 2 rings (SSSR count). The van der Waals surface area contributed by atoms with Gasteiger partial charge in [0, 0.05) is 26.8 Å². The molecule has 0 radical (unpaired) electrons. The van der Waals surface area contributed by atoms with E-state index < -0.39 is 16.1 Å². The molecular weight excluding hydrogens is 258 g/mol. The average molecular weight is 273 g/mol. The number of likely N-dealkylation sites (N-methyl/N-ethyl adjacent to an activating group) is 1. The third-order valence-electron chi connectivity index (χ3n) is 2.84. The van der Waals surface area contributed by atoms with Crippen LogP contribution in [0.1, 0.15) is 6.42 Å². The Kier molecular flexibility index (Phi) is 3.03. The Morgan fingerprint density at radius 3 is 2.61 bits per heavy atom. The van der Waals surface area contributed by atoms with E-state index in [2.05, 4.69) is 9.82 Å². The summed E-state index contributed by atoms with van der Waals surface area (Å²) in [7, 11) is -0.608. The van der Waals surface area contributed by atoms with Crippen molar-refractivity contribution in [3.05, 3.63) is 6.20 Å². The lowest BCUT2D eigenvalue weighted by Crippen LogP contribution is -2.40. The van der Waals surface area contributed by atoms with E-state index in [1.165, 1.54) is 15.8 Å². The SMILES string of the molecule is CN1CCC(NS(=O)(=O)c2cn(C)nc2N)C1=O. The van der Waals surface area contributed by atoms with Crippen LogP contribution in [0.25, 0.3) is 0 Å². The van der Waals surface area contributed by atoms with E-state index in [4.69, 9.17) is 5.73 Å². The summed E-state index contributed by atoms with van der Waals surface area (Å²) in [4.78, 5) is 13.0. The van der Waals surface area contributed by atoms with Crippen molar-refractivity contribution in [1.29, 1.82) is 0 Å². The van der Waals surface area contributed by atoms with Crippen molar-refractivity contribution in [2.75, 3.05) is 19.3 Å². The van der Waals surface area contributed by atoms with E-state index in [1.807, 2.05) is 0 Å². The van der Waals surface area contributed by atoms with Gasteiger partial charge < -0.3 is 10.6 Å². The Hall–Kier alpha value is -1.61. The van der Waals surface area contributed by atoms with Crippen LogP contribution < -0.4 is 10.5 Å². The standard InChI is InChI=1S/C9H15N5O3S/c1-13-4-3-6(9(13)15)12-18(16,17)7-5-14(2)11-8(7)10/h5-6,12H,3-4H2,1-2H3,(H2,10,11). The molecule has 3 N–H and O–H groups in total. The van der Waals surface area contributed by atoms with Crippen LogP contribution in [0.4, 0.5) is 5.82 Å². The fourth-order valence-electron chi connectivity index (χ4n) is 1.87. The molecule has 1 aromatic rings. The number of likely N-dealkylation sites (tertiary alicyclic amines) is 1. The molecule has 0 bridgehead atoms. The van der Waals surface area contributed by atoms with Crippen LogP contribution in [-0.2, 0) is 21.9 Å². The van der Waals surface area contributed by atoms with Crippen molar-refractivity contribution in [2.24, 2.45) is 7.05 Å². The summed E-state index contributed by atoms with van der Waals surface area (Å²) in [5, 5.41) is 3.77. The minimum Gasteiger partial charge on any atom is -0.381 e. The van der Waals surface area contributed by atoms with Crippen LogP contribution >= 0.6 is 0 Å². The highest BCUT2D eigenvalue weighted by atomic mass is 32.2. The number of anilines is 1. The second-order valence-corrected chi connectivity index (χ2v) is 5.96. The molecule has 8 nitrogen and oxygen atoms in total. The number of hydrogen-bond donors (Lipinski definition) is 2. The first kappa shape index (κ1) is 12.8. The first-order valence-electron chi connectivity index (χ1n) is 5.37. The molecule has 1 unspecified atom stereocenters. The molecule has 0 saturated carbocycles. The second-order valence-electron chi connectivity index (χ2n) is 4.27. The summed E-state index contributed by atoms with van der Waals surface area (Å²) >= 11 is 0. The van der Waals surface area contributed by atoms with Crippen LogP contribution in [0.15, 0.2) is 11.1 Å². The van der Waals surface area contributed by atoms with Gasteiger partial charge in [-0.05, 0) is 6.42 Å². The lowest BCUT2D eigenvalue weighted by molar-refractivity contribution is -0.127. The number of sulfonamides is 1. The number of amides is 1. The van der Waals surface area contributed by atoms with E-state index in [9.17, 15) is 13.2 Å². The largest absolute Gasteiger partial charge is 0.381 e. The first-order valence-corrected chi connectivity index (χ1v) is 6.86. The number of rotatable bonds is 3. The zero-order valence-corrected chi connectivity index (χ0v) is 10.9. The van der Waals surface area contributed by atoms with Crippen molar-refractivity contribution in [3.8, 4) is 0 Å². The number of aromatic nitrogens is 2. The van der Waals surface area contributed by atoms with Crippen LogP contribution in [0.2, 0.25) is 0 Å². The molecule has 1 aliphatic heterocycles. The van der Waals surface area contributed by atoms with Crippen molar-refractivity contribution in [1.82, 2.24) is 19.4 Å². The van der Waals surface area contributed by atoms with Gasteiger partial charge in [-0.3, -0.25) is 9.48 Å². The van der Waals surface area contributed by atoms with Crippen LogP contribution in [-0.4, -0.2) is 48.6 Å². The maximum Gasteiger partial charge on any atom is 0.246 e. The minimum atomic E-state index is -3.82. The molecule has 1 aromatic heterocycles. The summed E-state index contributed by atoms with van der Waals surface area (Å²) in [5.41, 5.74) is 5.52. The van der Waals surface area contributed by atoms with E-state index in [-0.39, 0.29) is 16.6 Å². The number of nitrogen functional groups attached to an aromatic ring is 1. The second kappa shape index (κ2) is 4.25. The molecule has 0 aliphatic carbocycles. The Balaban J connectivity index is 2.23. The van der Waals surface area contributed by atoms with Crippen molar-refractivity contribution in [2.45, 2.75) is 17.4 Å². The number of nitrogens with two attached hydrogens (primary N) is 1. The zero-order valence-electron chi connectivity index (χ0n) is 10.1. The summed E-state index contributed by atoms with van der Waals surface area (Å²) < 4.78 is 27.8. The fourth-order valence-corrected chi connectivity index (χ4v) is 3.20. The summed E-state index contributed by atoms with van der Waals surface area (Å²) in [6.07, 6.45) is 1.76. The van der Waals surface area contributed by atoms with Gasteiger partial charge in [0.1, 0.15) is 10.9 Å². The van der Waals surface area contributed by atoms with Crippen LogP contribution in [0, 0.1) is 0 Å². The quantitative estimate of drug-likeness (QED) is 0.697. The molecule has 18 heavy (non-hydrogen) atoms. The van der Waals surface area contributed by atoms with E-state index >= 15 is 0 Å². The lowest BCUT2D eigenvalue weighted by Gasteiger charge is -2.11. The van der Waals surface area contributed by atoms with Gasteiger partial charge >= 0.3 is 0 Å². The number of aryl methyl sites for hydroxylation is 1. The maximum atomic E-state index is 12.1. The molecule has 1 aliphatic rings. The van der Waals surface area contributed by atoms with Crippen molar-refractivity contribution >= 4 is 21.7 Å². The smallest absolute Gasteiger partial charge is 0.246 e. The predicted octanol–water partition coefficient (Wildman–Crippen LogP) is -1.49. The molecule has 1 atom stereocenters.